The van der Waals surface area contributed by atoms with Gasteiger partial charge in [0.25, 0.3) is 5.91 Å². The van der Waals surface area contributed by atoms with Crippen LogP contribution in [0, 0.1) is 0 Å². The van der Waals surface area contributed by atoms with Gasteiger partial charge in [-0.1, -0.05) is 6.07 Å². The number of anilines is 1. The molecule has 2 aliphatic rings. The van der Waals surface area contributed by atoms with E-state index < -0.39 is 0 Å². The molecule has 2 aliphatic heterocycles. The summed E-state index contributed by atoms with van der Waals surface area (Å²) < 4.78 is 16.0. The van der Waals surface area contributed by atoms with Gasteiger partial charge >= 0.3 is 0 Å². The van der Waals surface area contributed by atoms with E-state index in [1.54, 1.807) is 17.5 Å². The first-order valence-corrected chi connectivity index (χ1v) is 13.7. The second-order valence-corrected chi connectivity index (χ2v) is 10.6. The lowest BCUT2D eigenvalue weighted by molar-refractivity contribution is -0.132. The van der Waals surface area contributed by atoms with E-state index in [0.717, 1.165) is 36.7 Å². The van der Waals surface area contributed by atoms with Crippen LogP contribution in [0.5, 0.6) is 11.5 Å². The smallest absolute Gasteiger partial charge is 0.290 e. The molecule has 11 nitrogen and oxygen atoms in total. The van der Waals surface area contributed by atoms with Gasteiger partial charge in [0.2, 0.25) is 18.6 Å². The van der Waals surface area contributed by atoms with E-state index in [-0.39, 0.29) is 49.3 Å². The Balaban J connectivity index is 1.07. The summed E-state index contributed by atoms with van der Waals surface area (Å²) in [6.45, 7) is 7.42. The van der Waals surface area contributed by atoms with Crippen molar-refractivity contribution in [3.05, 3.63) is 59.0 Å². The van der Waals surface area contributed by atoms with Crippen molar-refractivity contribution in [2.24, 2.45) is 0 Å². The van der Waals surface area contributed by atoms with Crippen molar-refractivity contribution < 1.29 is 28.3 Å². The number of benzene rings is 1. The maximum Gasteiger partial charge on any atom is 0.290 e. The fourth-order valence-corrected chi connectivity index (χ4v) is 5.24. The lowest BCUT2D eigenvalue weighted by Crippen LogP contribution is -2.48. The lowest BCUT2D eigenvalue weighted by atomic mass is 10.1. The highest BCUT2D eigenvalue weighted by Gasteiger charge is 2.25. The number of amides is 3. The summed E-state index contributed by atoms with van der Waals surface area (Å²) in [5.74, 6) is 1.02. The Morgan fingerprint density at radius 1 is 1.10 bits per heavy atom. The molecule has 0 aliphatic carbocycles. The van der Waals surface area contributed by atoms with Crippen molar-refractivity contribution in [2.45, 2.75) is 32.9 Å². The largest absolute Gasteiger partial charge is 0.459 e. The van der Waals surface area contributed by atoms with E-state index in [9.17, 15) is 14.4 Å². The summed E-state index contributed by atoms with van der Waals surface area (Å²) in [5, 5.41) is 4.91. The van der Waals surface area contributed by atoms with Gasteiger partial charge in [0, 0.05) is 44.1 Å². The van der Waals surface area contributed by atoms with Gasteiger partial charge in [-0.3, -0.25) is 19.3 Å². The van der Waals surface area contributed by atoms with E-state index in [1.807, 2.05) is 36.9 Å². The molecule has 0 spiro atoms. The number of hydrogen-bond acceptors (Lipinski definition) is 9. The summed E-state index contributed by atoms with van der Waals surface area (Å²) in [7, 11) is 0. The molecular weight excluding hydrogens is 522 g/mol. The molecule has 1 N–H and O–H groups in total. The first-order chi connectivity index (χ1) is 18.9. The number of hydrogen-bond donors (Lipinski definition) is 1. The Bertz CT molecular complexity index is 1320. The number of nitrogens with zero attached hydrogens (tertiary/aromatic N) is 4. The van der Waals surface area contributed by atoms with Crippen LogP contribution < -0.4 is 14.8 Å². The third kappa shape index (κ3) is 6.58. The summed E-state index contributed by atoms with van der Waals surface area (Å²) >= 11 is 1.26. The molecule has 1 fully saturated rings. The van der Waals surface area contributed by atoms with Crippen LogP contribution in [0.15, 0.2) is 46.4 Å². The fourth-order valence-electron chi connectivity index (χ4n) is 4.51. The summed E-state index contributed by atoms with van der Waals surface area (Å²) in [4.78, 5) is 48.2. The zero-order chi connectivity index (χ0) is 27.4. The monoisotopic (exact) mass is 553 g/mol. The van der Waals surface area contributed by atoms with Crippen LogP contribution in [0.2, 0.25) is 0 Å². The number of rotatable bonds is 9. The molecule has 0 atom stereocenters. The van der Waals surface area contributed by atoms with Crippen molar-refractivity contribution in [3.8, 4) is 11.5 Å². The average molecular weight is 554 g/mol. The highest BCUT2D eigenvalue weighted by Crippen LogP contribution is 2.33. The molecule has 4 heterocycles. The molecule has 0 saturated carbocycles. The SMILES string of the molecule is CC(C)N(CC(=O)Nc1nc(CC(=O)N2CCN(Cc3ccc4c(c3)OCO4)CC2)cs1)C(=O)c1ccco1. The van der Waals surface area contributed by atoms with Crippen LogP contribution in [0.1, 0.15) is 35.7 Å². The van der Waals surface area contributed by atoms with Gasteiger partial charge < -0.3 is 29.0 Å². The predicted octanol–water partition coefficient (Wildman–Crippen LogP) is 2.84. The van der Waals surface area contributed by atoms with Gasteiger partial charge in [-0.25, -0.2) is 4.98 Å². The molecule has 5 rings (SSSR count). The third-order valence-electron chi connectivity index (χ3n) is 6.63. The zero-order valence-corrected chi connectivity index (χ0v) is 22.7. The Hall–Kier alpha value is -3.90. The minimum absolute atomic E-state index is 0.0101. The number of carbonyl (C=O) groups is 3. The molecule has 3 aromatic rings. The van der Waals surface area contributed by atoms with Gasteiger partial charge in [-0.05, 0) is 43.7 Å². The fraction of sp³-hybridized carbons (Fsp3) is 0.407. The van der Waals surface area contributed by atoms with E-state index in [0.29, 0.717) is 23.9 Å². The molecule has 3 amide bonds. The molecule has 12 heteroatoms. The van der Waals surface area contributed by atoms with E-state index in [2.05, 4.69) is 15.2 Å². The summed E-state index contributed by atoms with van der Waals surface area (Å²) in [6.07, 6.45) is 1.59. The molecular formula is C27H31N5O6S. The number of ether oxygens (including phenoxy) is 2. The lowest BCUT2D eigenvalue weighted by Gasteiger charge is -2.34. The summed E-state index contributed by atoms with van der Waals surface area (Å²) in [5.41, 5.74) is 1.76. The van der Waals surface area contributed by atoms with Crippen molar-refractivity contribution in [1.29, 1.82) is 0 Å². The highest BCUT2D eigenvalue weighted by molar-refractivity contribution is 7.13. The van der Waals surface area contributed by atoms with Crippen molar-refractivity contribution in [2.75, 3.05) is 44.8 Å². The summed E-state index contributed by atoms with van der Waals surface area (Å²) in [6, 6.07) is 8.99. The van der Waals surface area contributed by atoms with Crippen molar-refractivity contribution >= 4 is 34.2 Å². The predicted molar refractivity (Wildman–Crippen MR) is 144 cm³/mol. The van der Waals surface area contributed by atoms with Gasteiger partial charge in [0.15, 0.2) is 22.4 Å². The van der Waals surface area contributed by atoms with Crippen LogP contribution >= 0.6 is 11.3 Å². The molecule has 2 aromatic heterocycles. The first kappa shape index (κ1) is 26.7. The van der Waals surface area contributed by atoms with Crippen LogP contribution in [-0.2, 0) is 22.6 Å². The maximum atomic E-state index is 12.9. The standard InChI is InChI=1S/C27H31N5O6S/c1-18(2)32(26(35)22-4-3-11-36-22)15-24(33)29-27-28-20(16-39-27)13-25(34)31-9-7-30(8-10-31)14-19-5-6-21-23(12-19)38-17-37-21/h3-6,11-12,16,18H,7-10,13-15,17H2,1-2H3,(H,28,29,33). The number of aromatic nitrogens is 1. The minimum atomic E-state index is -0.366. The van der Waals surface area contributed by atoms with Crippen molar-refractivity contribution in [1.82, 2.24) is 19.7 Å². The quantitative estimate of drug-likeness (QED) is 0.430. The van der Waals surface area contributed by atoms with Crippen LogP contribution in [0.4, 0.5) is 5.13 Å². The number of piperazine rings is 1. The molecule has 39 heavy (non-hydrogen) atoms. The number of thiazole rings is 1. The molecule has 0 radical (unpaired) electrons. The van der Waals surface area contributed by atoms with Gasteiger partial charge in [-0.2, -0.15) is 0 Å². The Morgan fingerprint density at radius 3 is 2.64 bits per heavy atom. The number of furan rings is 1. The second-order valence-electron chi connectivity index (χ2n) is 9.72. The highest BCUT2D eigenvalue weighted by atomic mass is 32.1. The minimum Gasteiger partial charge on any atom is -0.459 e. The van der Waals surface area contributed by atoms with E-state index in [1.165, 1.54) is 22.5 Å². The number of fused-ring (bicyclic) bond motifs is 1. The van der Waals surface area contributed by atoms with Crippen molar-refractivity contribution in [3.63, 3.8) is 0 Å². The zero-order valence-electron chi connectivity index (χ0n) is 21.9. The molecule has 0 unspecified atom stereocenters. The second kappa shape index (κ2) is 11.9. The molecule has 206 valence electrons. The van der Waals surface area contributed by atoms with Gasteiger partial charge in [-0.15, -0.1) is 11.3 Å². The molecule has 1 saturated heterocycles. The maximum absolute atomic E-state index is 12.9. The Labute approximate surface area is 230 Å². The number of nitrogens with one attached hydrogen (secondary N) is 1. The van der Waals surface area contributed by atoms with E-state index in [4.69, 9.17) is 13.9 Å². The van der Waals surface area contributed by atoms with E-state index >= 15 is 0 Å². The molecule has 0 bridgehead atoms. The first-order valence-electron chi connectivity index (χ1n) is 12.8. The van der Waals surface area contributed by atoms with Crippen LogP contribution in [0.25, 0.3) is 0 Å². The normalized spacial score (nSPS) is 15.0. The van der Waals surface area contributed by atoms with Crippen LogP contribution in [0.3, 0.4) is 0 Å². The average Bonchev–Trinajstić information content (AvgIpc) is 3.69. The Kier molecular flexibility index (Phi) is 8.13. The Morgan fingerprint density at radius 2 is 1.90 bits per heavy atom. The topological polar surface area (TPSA) is 117 Å². The van der Waals surface area contributed by atoms with Crippen LogP contribution in [-0.4, -0.2) is 83.0 Å². The number of carbonyl (C=O) groups excluding carboxylic acids is 3. The molecule has 1 aromatic carbocycles. The van der Waals surface area contributed by atoms with Gasteiger partial charge in [0.05, 0.1) is 18.4 Å². The third-order valence-corrected chi connectivity index (χ3v) is 7.44. The van der Waals surface area contributed by atoms with Gasteiger partial charge in [0.1, 0.15) is 6.54 Å².